The van der Waals surface area contributed by atoms with Crippen LogP contribution >= 0.6 is 11.6 Å². The van der Waals surface area contributed by atoms with Gasteiger partial charge < -0.3 is 15.2 Å². The predicted molar refractivity (Wildman–Crippen MR) is 92.9 cm³/mol. The minimum absolute atomic E-state index is 0.116. The van der Waals surface area contributed by atoms with Crippen molar-refractivity contribution in [3.8, 4) is 5.75 Å². The van der Waals surface area contributed by atoms with Crippen LogP contribution in [-0.2, 0) is 4.74 Å². The lowest BCUT2D eigenvalue weighted by Gasteiger charge is -2.11. The number of methoxy groups -OCH3 is 1. The van der Waals surface area contributed by atoms with Crippen LogP contribution in [0.15, 0.2) is 30.3 Å². The molecule has 0 bridgehead atoms. The summed E-state index contributed by atoms with van der Waals surface area (Å²) in [5.41, 5.74) is 8.50. The van der Waals surface area contributed by atoms with E-state index in [0.29, 0.717) is 5.56 Å². The molecule has 6 heteroatoms. The van der Waals surface area contributed by atoms with E-state index in [1.54, 1.807) is 6.07 Å². The molecule has 0 fully saturated rings. The van der Waals surface area contributed by atoms with E-state index < -0.39 is 5.97 Å². The Balaban J connectivity index is 2.13. The lowest BCUT2D eigenvalue weighted by Crippen LogP contribution is -2.16. The molecule has 24 heavy (non-hydrogen) atoms. The fourth-order valence-electron chi connectivity index (χ4n) is 2.31. The first kappa shape index (κ1) is 17.8. The molecule has 0 saturated carbocycles. The fraction of sp³-hybridized carbons (Fsp3) is 0.222. The molecule has 126 valence electrons. The van der Waals surface area contributed by atoms with E-state index in [4.69, 9.17) is 26.8 Å². The van der Waals surface area contributed by atoms with E-state index in [1.807, 2.05) is 26.0 Å². The van der Waals surface area contributed by atoms with E-state index in [2.05, 4.69) is 0 Å². The maximum absolute atomic E-state index is 12.2. The SMILES string of the molecule is COc1cc(N)c(Cl)cc1C(=O)OCC(=O)c1ccc(C)cc1C. The van der Waals surface area contributed by atoms with Crippen LogP contribution in [0.5, 0.6) is 5.75 Å². The standard InChI is InChI=1S/C18H18ClNO4/c1-10-4-5-12(11(2)6-10)16(21)9-24-18(22)13-7-14(19)15(20)8-17(13)23-3/h4-8H,9,20H2,1-3H3. The number of ether oxygens (including phenoxy) is 2. The normalized spacial score (nSPS) is 10.3. The Hall–Kier alpha value is -2.53. The molecule has 0 unspecified atom stereocenters. The number of hydrogen-bond acceptors (Lipinski definition) is 5. The Morgan fingerprint density at radius 1 is 1.12 bits per heavy atom. The van der Waals surface area contributed by atoms with Gasteiger partial charge in [0, 0.05) is 11.6 Å². The Bertz CT molecular complexity index is 802. The van der Waals surface area contributed by atoms with Crippen molar-refractivity contribution in [2.24, 2.45) is 0 Å². The number of carbonyl (C=O) groups excluding carboxylic acids is 2. The van der Waals surface area contributed by atoms with Gasteiger partial charge in [0.2, 0.25) is 5.78 Å². The van der Waals surface area contributed by atoms with Crippen LogP contribution in [0.3, 0.4) is 0 Å². The van der Waals surface area contributed by atoms with E-state index in [1.165, 1.54) is 19.2 Å². The molecule has 2 aromatic carbocycles. The van der Waals surface area contributed by atoms with E-state index in [9.17, 15) is 9.59 Å². The van der Waals surface area contributed by atoms with Crippen molar-refractivity contribution in [2.45, 2.75) is 13.8 Å². The smallest absolute Gasteiger partial charge is 0.342 e. The molecule has 0 aliphatic carbocycles. The minimum atomic E-state index is -0.702. The Morgan fingerprint density at radius 2 is 1.83 bits per heavy atom. The highest BCUT2D eigenvalue weighted by Crippen LogP contribution is 2.29. The first-order chi connectivity index (χ1) is 11.3. The summed E-state index contributed by atoms with van der Waals surface area (Å²) < 4.78 is 10.2. The summed E-state index contributed by atoms with van der Waals surface area (Å²) >= 11 is 5.93. The average Bonchev–Trinajstić information content (AvgIpc) is 2.54. The van der Waals surface area contributed by atoms with Crippen LogP contribution in [0.1, 0.15) is 31.8 Å². The quantitative estimate of drug-likeness (QED) is 0.508. The van der Waals surface area contributed by atoms with E-state index >= 15 is 0 Å². The number of ketones is 1. The number of aryl methyl sites for hydroxylation is 2. The number of rotatable bonds is 5. The van der Waals surface area contributed by atoms with E-state index in [-0.39, 0.29) is 34.4 Å². The van der Waals surface area contributed by atoms with Crippen molar-refractivity contribution in [2.75, 3.05) is 19.5 Å². The summed E-state index contributed by atoms with van der Waals surface area (Å²) in [4.78, 5) is 24.4. The predicted octanol–water partition coefficient (Wildman–Crippen LogP) is 3.59. The summed E-state index contributed by atoms with van der Waals surface area (Å²) in [6.45, 7) is 3.41. The number of halogens is 1. The molecule has 0 atom stereocenters. The third-order valence-electron chi connectivity index (χ3n) is 3.56. The number of nitrogen functional groups attached to an aromatic ring is 1. The monoisotopic (exact) mass is 347 g/mol. The molecular weight excluding hydrogens is 330 g/mol. The van der Waals surface area contributed by atoms with Gasteiger partial charge in [-0.25, -0.2) is 4.79 Å². The fourth-order valence-corrected chi connectivity index (χ4v) is 2.47. The highest BCUT2D eigenvalue weighted by atomic mass is 35.5. The topological polar surface area (TPSA) is 78.6 Å². The molecule has 0 spiro atoms. The lowest BCUT2D eigenvalue weighted by atomic mass is 10.0. The molecular formula is C18H18ClNO4. The molecule has 0 saturated heterocycles. The van der Waals surface area contributed by atoms with Crippen molar-refractivity contribution in [1.29, 1.82) is 0 Å². The second-order valence-electron chi connectivity index (χ2n) is 5.39. The molecule has 0 aromatic heterocycles. The number of carbonyl (C=O) groups is 2. The van der Waals surface area contributed by atoms with Gasteiger partial charge in [-0.05, 0) is 25.5 Å². The maximum atomic E-state index is 12.2. The van der Waals surface area contributed by atoms with Crippen LogP contribution in [-0.4, -0.2) is 25.5 Å². The Kier molecular flexibility index (Phi) is 5.46. The average molecular weight is 348 g/mol. The van der Waals surface area contributed by atoms with E-state index in [0.717, 1.165) is 11.1 Å². The molecule has 0 amide bonds. The molecule has 0 aliphatic heterocycles. The van der Waals surface area contributed by atoms with Crippen LogP contribution in [0.2, 0.25) is 5.02 Å². The highest BCUT2D eigenvalue weighted by Gasteiger charge is 2.18. The Labute approximate surface area is 145 Å². The molecule has 2 N–H and O–H groups in total. The van der Waals surface area contributed by atoms with Gasteiger partial charge in [-0.1, -0.05) is 35.4 Å². The zero-order valence-electron chi connectivity index (χ0n) is 13.7. The number of anilines is 1. The molecule has 0 heterocycles. The van der Waals surface area contributed by atoms with Gasteiger partial charge in [0.15, 0.2) is 6.61 Å². The molecule has 2 rings (SSSR count). The number of benzene rings is 2. The summed E-state index contributed by atoms with van der Waals surface area (Å²) in [5, 5.41) is 0.212. The highest BCUT2D eigenvalue weighted by molar-refractivity contribution is 6.33. The summed E-state index contributed by atoms with van der Waals surface area (Å²) in [7, 11) is 1.40. The molecule has 0 aliphatic rings. The van der Waals surface area contributed by atoms with Crippen molar-refractivity contribution < 1.29 is 19.1 Å². The van der Waals surface area contributed by atoms with Gasteiger partial charge in [-0.2, -0.15) is 0 Å². The number of Topliss-reactive ketones (excluding diaryl/α,β-unsaturated/α-hetero) is 1. The first-order valence-electron chi connectivity index (χ1n) is 7.24. The van der Waals surface area contributed by atoms with Crippen molar-refractivity contribution >= 4 is 29.0 Å². The Morgan fingerprint density at radius 3 is 2.46 bits per heavy atom. The van der Waals surface area contributed by atoms with Crippen LogP contribution in [0, 0.1) is 13.8 Å². The summed E-state index contributed by atoms with van der Waals surface area (Å²) in [6.07, 6.45) is 0. The zero-order valence-corrected chi connectivity index (χ0v) is 14.4. The van der Waals surface area contributed by atoms with Crippen LogP contribution in [0.4, 0.5) is 5.69 Å². The maximum Gasteiger partial charge on any atom is 0.342 e. The largest absolute Gasteiger partial charge is 0.496 e. The number of hydrogen-bond donors (Lipinski definition) is 1. The lowest BCUT2D eigenvalue weighted by molar-refractivity contribution is 0.0471. The van der Waals surface area contributed by atoms with Gasteiger partial charge in [0.1, 0.15) is 11.3 Å². The molecule has 2 aromatic rings. The third-order valence-corrected chi connectivity index (χ3v) is 3.88. The van der Waals surface area contributed by atoms with Gasteiger partial charge in [-0.15, -0.1) is 0 Å². The van der Waals surface area contributed by atoms with Crippen LogP contribution in [0.25, 0.3) is 0 Å². The van der Waals surface area contributed by atoms with Gasteiger partial charge in [0.25, 0.3) is 0 Å². The summed E-state index contributed by atoms with van der Waals surface area (Å²) in [6, 6.07) is 8.26. The molecule has 5 nitrogen and oxygen atoms in total. The number of nitrogens with two attached hydrogens (primary N) is 1. The van der Waals surface area contributed by atoms with Crippen molar-refractivity contribution in [1.82, 2.24) is 0 Å². The van der Waals surface area contributed by atoms with Crippen molar-refractivity contribution in [3.05, 3.63) is 57.6 Å². The van der Waals surface area contributed by atoms with Gasteiger partial charge in [-0.3, -0.25) is 4.79 Å². The summed E-state index contributed by atoms with van der Waals surface area (Å²) in [5.74, 6) is -0.742. The minimum Gasteiger partial charge on any atom is -0.496 e. The van der Waals surface area contributed by atoms with Gasteiger partial charge in [0.05, 0.1) is 17.8 Å². The van der Waals surface area contributed by atoms with Crippen molar-refractivity contribution in [3.63, 3.8) is 0 Å². The van der Waals surface area contributed by atoms with Crippen LogP contribution < -0.4 is 10.5 Å². The number of esters is 1. The first-order valence-corrected chi connectivity index (χ1v) is 7.62. The molecule has 0 radical (unpaired) electrons. The zero-order chi connectivity index (χ0) is 17.9. The second-order valence-corrected chi connectivity index (χ2v) is 5.80. The van der Waals surface area contributed by atoms with Gasteiger partial charge >= 0.3 is 5.97 Å². The third kappa shape index (κ3) is 3.86. The second kappa shape index (κ2) is 7.36.